The molecule has 246 valence electrons. The molecule has 15 nitrogen and oxygen atoms in total. The van der Waals surface area contributed by atoms with Crippen LogP contribution in [0.1, 0.15) is 25.7 Å². The molecule has 1 aliphatic heterocycles. The molecule has 0 spiro atoms. The molecule has 3 heterocycles. The number of amides is 1. The van der Waals surface area contributed by atoms with Gasteiger partial charge in [-0.05, 0) is 61.9 Å². The molecule has 4 aromatic rings. The van der Waals surface area contributed by atoms with Crippen molar-refractivity contribution in [2.45, 2.75) is 49.2 Å². The van der Waals surface area contributed by atoms with Gasteiger partial charge in [-0.15, -0.1) is 0 Å². The average molecular weight is 664 g/mol. The summed E-state index contributed by atoms with van der Waals surface area (Å²) in [5.74, 6) is 1.50. The third-order valence-corrected chi connectivity index (χ3v) is 10.3. The zero-order valence-corrected chi connectivity index (χ0v) is 26.5. The highest BCUT2D eigenvalue weighted by Crippen LogP contribution is 2.35. The molecule has 1 atom stereocenters. The molecule has 2 aliphatic rings. The molecule has 1 unspecified atom stereocenters. The highest BCUT2D eigenvalue weighted by Gasteiger charge is 2.35. The fraction of sp³-hybridized carbons (Fsp3) is 0.355. The van der Waals surface area contributed by atoms with Gasteiger partial charge in [-0.3, -0.25) is 19.7 Å². The number of carbonyl (C=O) groups excluding carboxylic acids is 1. The second-order valence-corrected chi connectivity index (χ2v) is 13.2. The number of para-hydroxylation sites is 1. The molecule has 1 saturated carbocycles. The number of hydrogen-bond donors (Lipinski definition) is 2. The third-order valence-electron chi connectivity index (χ3n) is 8.77. The number of fused-ring (bicyclic) bond motifs is 2. The second-order valence-electron chi connectivity index (χ2n) is 11.5. The Labute approximate surface area is 269 Å². The summed E-state index contributed by atoms with van der Waals surface area (Å²) in [6.45, 7) is -0.104. The lowest BCUT2D eigenvalue weighted by atomic mass is 9.81. The Kier molecular flexibility index (Phi) is 8.79. The van der Waals surface area contributed by atoms with Gasteiger partial charge in [-0.2, -0.15) is 0 Å². The van der Waals surface area contributed by atoms with Gasteiger partial charge in [-0.1, -0.05) is 12.1 Å². The number of hydrogen-bond acceptors (Lipinski definition) is 11. The number of sulfonamides is 1. The van der Waals surface area contributed by atoms with E-state index >= 15 is 0 Å². The molecule has 0 bridgehead atoms. The van der Waals surface area contributed by atoms with Gasteiger partial charge in [0.05, 0.1) is 29.3 Å². The standard InChI is InChI=1S/C31H33N7O8S/c1-36(28-14-13-26-31(33-28)34-29(39)18-46-26)20-9-7-19(8-10-20)23(35-47(43,44)27-6-4-3-5-24(27)38(41)42)17-37-25-15-21(45-2)11-12-22(25)32-16-30(37)40/h3-6,11-16,19-20,23,35H,7-10,17-18H2,1-2H3,(H,33,34,39)/t19-,20-,23?. The summed E-state index contributed by atoms with van der Waals surface area (Å²) in [4.78, 5) is 46.4. The summed E-state index contributed by atoms with van der Waals surface area (Å²) in [6.07, 6.45) is 3.71. The number of nitro benzene ring substituents is 1. The number of nitro groups is 1. The summed E-state index contributed by atoms with van der Waals surface area (Å²) < 4.78 is 42.5. The van der Waals surface area contributed by atoms with Gasteiger partial charge in [0.25, 0.3) is 17.2 Å². The molecule has 16 heteroatoms. The van der Waals surface area contributed by atoms with Gasteiger partial charge in [0.15, 0.2) is 23.1 Å². The SMILES string of the molecule is COc1ccc2ncc(=O)n(CC(NS(=O)(=O)c3ccccc3[N+](=O)[O-])[C@H]3CC[C@H](N(C)c4ccc5c(n4)NC(=O)CO5)CC3)c2c1. The minimum absolute atomic E-state index is 0.0396. The highest BCUT2D eigenvalue weighted by molar-refractivity contribution is 7.89. The number of ether oxygens (including phenoxy) is 2. The number of aromatic nitrogens is 3. The van der Waals surface area contributed by atoms with Crippen LogP contribution in [0.2, 0.25) is 0 Å². The smallest absolute Gasteiger partial charge is 0.289 e. The van der Waals surface area contributed by atoms with Crippen molar-refractivity contribution in [2.75, 3.05) is 31.0 Å². The van der Waals surface area contributed by atoms with Gasteiger partial charge in [0, 0.05) is 37.8 Å². The van der Waals surface area contributed by atoms with Gasteiger partial charge in [0.2, 0.25) is 10.0 Å². The van der Waals surface area contributed by atoms with E-state index in [9.17, 15) is 28.1 Å². The molecule has 1 aliphatic carbocycles. The maximum Gasteiger partial charge on any atom is 0.289 e. The van der Waals surface area contributed by atoms with Crippen LogP contribution in [0.25, 0.3) is 11.0 Å². The van der Waals surface area contributed by atoms with Gasteiger partial charge < -0.3 is 24.3 Å². The molecule has 2 aromatic heterocycles. The van der Waals surface area contributed by atoms with Crippen LogP contribution in [-0.2, 0) is 21.4 Å². The number of benzene rings is 2. The van der Waals surface area contributed by atoms with Crippen LogP contribution >= 0.6 is 0 Å². The number of carbonyl (C=O) groups is 1. The predicted molar refractivity (Wildman–Crippen MR) is 172 cm³/mol. The monoisotopic (exact) mass is 663 g/mol. The highest BCUT2D eigenvalue weighted by atomic mass is 32.2. The summed E-state index contributed by atoms with van der Waals surface area (Å²) in [6, 6.07) is 13.1. The molecular formula is C31H33N7O8S. The van der Waals surface area contributed by atoms with Crippen molar-refractivity contribution in [3.63, 3.8) is 0 Å². The van der Waals surface area contributed by atoms with Crippen molar-refractivity contribution >= 4 is 44.3 Å². The first-order valence-electron chi connectivity index (χ1n) is 15.0. The van der Waals surface area contributed by atoms with Crippen LogP contribution in [0.3, 0.4) is 0 Å². The van der Waals surface area contributed by atoms with E-state index in [1.165, 1.54) is 36.1 Å². The van der Waals surface area contributed by atoms with Crippen molar-refractivity contribution < 1.29 is 27.6 Å². The van der Waals surface area contributed by atoms with E-state index in [4.69, 9.17) is 9.47 Å². The fourth-order valence-electron chi connectivity index (χ4n) is 6.26. The topological polar surface area (TPSA) is 188 Å². The van der Waals surface area contributed by atoms with E-state index in [2.05, 4.69) is 20.0 Å². The van der Waals surface area contributed by atoms with E-state index in [-0.39, 0.29) is 31.0 Å². The van der Waals surface area contributed by atoms with Crippen molar-refractivity contribution in [2.24, 2.45) is 5.92 Å². The lowest BCUT2D eigenvalue weighted by molar-refractivity contribution is -0.387. The Morgan fingerprint density at radius 1 is 1.15 bits per heavy atom. The maximum atomic E-state index is 13.8. The molecule has 2 N–H and O–H groups in total. The summed E-state index contributed by atoms with van der Waals surface area (Å²) >= 11 is 0. The van der Waals surface area contributed by atoms with Gasteiger partial charge in [-0.25, -0.2) is 23.1 Å². The maximum absolute atomic E-state index is 13.8. The average Bonchev–Trinajstić information content (AvgIpc) is 3.08. The van der Waals surface area contributed by atoms with Crippen molar-refractivity contribution in [3.05, 3.63) is 81.3 Å². The second kappa shape index (κ2) is 13.0. The molecular weight excluding hydrogens is 630 g/mol. The number of methoxy groups -OCH3 is 1. The largest absolute Gasteiger partial charge is 0.497 e. The Morgan fingerprint density at radius 2 is 1.91 bits per heavy atom. The summed E-state index contributed by atoms with van der Waals surface area (Å²) in [5, 5.41) is 14.4. The Hall–Kier alpha value is -5.09. The van der Waals surface area contributed by atoms with E-state index in [1.807, 2.05) is 18.0 Å². The van der Waals surface area contributed by atoms with Crippen LogP contribution in [0.5, 0.6) is 11.5 Å². The summed E-state index contributed by atoms with van der Waals surface area (Å²) in [5.41, 5.74) is 0.0213. The first-order chi connectivity index (χ1) is 22.5. The number of pyridine rings is 1. The molecule has 47 heavy (non-hydrogen) atoms. The van der Waals surface area contributed by atoms with E-state index < -0.39 is 37.1 Å². The quantitative estimate of drug-likeness (QED) is 0.187. The molecule has 2 aromatic carbocycles. The lowest BCUT2D eigenvalue weighted by Crippen LogP contribution is -2.47. The van der Waals surface area contributed by atoms with Crippen LogP contribution in [-0.4, -0.2) is 66.6 Å². The van der Waals surface area contributed by atoms with E-state index in [1.54, 1.807) is 24.3 Å². The summed E-state index contributed by atoms with van der Waals surface area (Å²) in [7, 11) is -0.969. The number of nitrogens with one attached hydrogen (secondary N) is 2. The van der Waals surface area contributed by atoms with Crippen molar-refractivity contribution in [1.82, 2.24) is 19.3 Å². The number of nitrogens with zero attached hydrogens (tertiary/aromatic N) is 5. The molecule has 1 fully saturated rings. The molecule has 0 radical (unpaired) electrons. The number of anilines is 2. The van der Waals surface area contributed by atoms with E-state index in [0.29, 0.717) is 59.9 Å². The predicted octanol–water partition coefficient (Wildman–Crippen LogP) is 3.08. The van der Waals surface area contributed by atoms with Crippen LogP contribution in [0.4, 0.5) is 17.3 Å². The minimum atomic E-state index is -4.38. The van der Waals surface area contributed by atoms with Crippen molar-refractivity contribution in [1.29, 1.82) is 0 Å². The van der Waals surface area contributed by atoms with Crippen LogP contribution in [0, 0.1) is 16.0 Å². The first-order valence-corrected chi connectivity index (χ1v) is 16.5. The van der Waals surface area contributed by atoms with Gasteiger partial charge >= 0.3 is 0 Å². The van der Waals surface area contributed by atoms with Crippen LogP contribution < -0.4 is 30.0 Å². The van der Waals surface area contributed by atoms with E-state index in [0.717, 1.165) is 6.07 Å². The Morgan fingerprint density at radius 3 is 2.66 bits per heavy atom. The minimum Gasteiger partial charge on any atom is -0.497 e. The van der Waals surface area contributed by atoms with Crippen molar-refractivity contribution in [3.8, 4) is 11.5 Å². The normalized spacial score (nSPS) is 18.5. The first kappa shape index (κ1) is 31.9. The number of rotatable bonds is 10. The molecule has 6 rings (SSSR count). The molecule has 1 amide bonds. The zero-order valence-electron chi connectivity index (χ0n) is 25.7. The molecule has 0 saturated heterocycles. The fourth-order valence-corrected chi connectivity index (χ4v) is 7.73. The van der Waals surface area contributed by atoms with Crippen LogP contribution in [0.15, 0.2) is 70.5 Å². The Bertz CT molecular complexity index is 2010. The lowest BCUT2D eigenvalue weighted by Gasteiger charge is -2.38. The Balaban J connectivity index is 1.29. The van der Waals surface area contributed by atoms with Gasteiger partial charge in [0.1, 0.15) is 11.6 Å². The third kappa shape index (κ3) is 6.59. The zero-order chi connectivity index (χ0) is 33.3.